The van der Waals surface area contributed by atoms with Crippen LogP contribution in [0.1, 0.15) is 35.4 Å². The largest absolute Gasteiger partial charge is 0.508 e. The van der Waals surface area contributed by atoms with E-state index >= 15 is 0 Å². The van der Waals surface area contributed by atoms with E-state index in [1.165, 1.54) is 19.1 Å². The number of carbonyl (C=O) groups excluding carboxylic acids is 1. The quantitative estimate of drug-likeness (QED) is 0.605. The van der Waals surface area contributed by atoms with Gasteiger partial charge in [-0.3, -0.25) is 4.79 Å². The number of ketones is 1. The molecule has 8 heteroatoms. The van der Waals surface area contributed by atoms with Gasteiger partial charge in [-0.1, -0.05) is 30.3 Å². The minimum absolute atomic E-state index is 0.0312. The summed E-state index contributed by atoms with van der Waals surface area (Å²) in [5, 5.41) is 40.0. The lowest BCUT2D eigenvalue weighted by Gasteiger charge is -2.39. The number of rotatable bonds is 3. The van der Waals surface area contributed by atoms with E-state index in [1.807, 2.05) is 30.3 Å². The molecule has 0 saturated carbocycles. The van der Waals surface area contributed by atoms with Crippen LogP contribution >= 0.6 is 0 Å². The molecule has 6 atom stereocenters. The van der Waals surface area contributed by atoms with E-state index in [2.05, 4.69) is 0 Å². The van der Waals surface area contributed by atoms with Gasteiger partial charge in [0, 0.05) is 12.1 Å². The summed E-state index contributed by atoms with van der Waals surface area (Å²) in [6.07, 6.45) is -6.87. The molecule has 154 valence electrons. The highest BCUT2D eigenvalue weighted by Gasteiger charge is 2.44. The lowest BCUT2D eigenvalue weighted by molar-refractivity contribution is -0.268. The van der Waals surface area contributed by atoms with Crippen molar-refractivity contribution < 1.29 is 39.4 Å². The van der Waals surface area contributed by atoms with E-state index in [0.717, 1.165) is 5.56 Å². The van der Waals surface area contributed by atoms with Crippen molar-refractivity contribution in [2.75, 3.05) is 0 Å². The average Bonchev–Trinajstić information content (AvgIpc) is 2.70. The van der Waals surface area contributed by atoms with E-state index in [0.29, 0.717) is 0 Å². The van der Waals surface area contributed by atoms with E-state index in [1.54, 1.807) is 0 Å². The summed E-state index contributed by atoms with van der Waals surface area (Å²) in [6, 6.07) is 11.8. The SMILES string of the molecule is CC1O[C@@H](Oc2cc(O)cc3c2C(=O)CC(c2ccccc2)O3)[C@@H](O)C(O)[C@H]1O. The molecule has 2 heterocycles. The van der Waals surface area contributed by atoms with Crippen LogP contribution in [0, 0.1) is 0 Å². The zero-order valence-corrected chi connectivity index (χ0v) is 15.6. The number of Topliss-reactive ketones (excluding diaryl/α,β-unsaturated/α-hetero) is 1. The molecule has 0 spiro atoms. The van der Waals surface area contributed by atoms with Gasteiger partial charge in [0.2, 0.25) is 6.29 Å². The minimum Gasteiger partial charge on any atom is -0.508 e. The predicted octanol–water partition coefficient (Wildman–Crippen LogP) is 1.30. The van der Waals surface area contributed by atoms with Crippen molar-refractivity contribution in [3.8, 4) is 17.2 Å². The molecule has 0 bridgehead atoms. The first-order valence-electron chi connectivity index (χ1n) is 9.33. The van der Waals surface area contributed by atoms with Crippen molar-refractivity contribution in [1.82, 2.24) is 0 Å². The highest BCUT2D eigenvalue weighted by Crippen LogP contribution is 2.43. The van der Waals surface area contributed by atoms with Crippen LogP contribution in [-0.2, 0) is 4.74 Å². The third-order valence-electron chi connectivity index (χ3n) is 5.19. The summed E-state index contributed by atoms with van der Waals surface area (Å²) < 4.78 is 17.0. The van der Waals surface area contributed by atoms with Gasteiger partial charge in [-0.15, -0.1) is 0 Å². The fraction of sp³-hybridized carbons (Fsp3) is 0.381. The van der Waals surface area contributed by atoms with Crippen molar-refractivity contribution in [3.05, 3.63) is 53.6 Å². The number of benzene rings is 2. The second-order valence-corrected chi connectivity index (χ2v) is 7.26. The third kappa shape index (κ3) is 3.67. The van der Waals surface area contributed by atoms with Crippen LogP contribution in [0.15, 0.2) is 42.5 Å². The normalized spacial score (nSPS) is 31.7. The first kappa shape index (κ1) is 19.7. The van der Waals surface area contributed by atoms with Crippen molar-refractivity contribution in [3.63, 3.8) is 0 Å². The van der Waals surface area contributed by atoms with Gasteiger partial charge in [-0.2, -0.15) is 0 Å². The maximum absolute atomic E-state index is 12.9. The molecule has 0 radical (unpaired) electrons. The molecule has 2 aliphatic heterocycles. The third-order valence-corrected chi connectivity index (χ3v) is 5.19. The topological polar surface area (TPSA) is 126 Å². The van der Waals surface area contributed by atoms with Gasteiger partial charge >= 0.3 is 0 Å². The van der Waals surface area contributed by atoms with Crippen molar-refractivity contribution in [2.45, 2.75) is 50.2 Å². The van der Waals surface area contributed by atoms with Crippen LogP contribution in [0.4, 0.5) is 0 Å². The van der Waals surface area contributed by atoms with Crippen LogP contribution in [0.3, 0.4) is 0 Å². The van der Waals surface area contributed by atoms with Crippen LogP contribution in [-0.4, -0.2) is 56.9 Å². The molecule has 4 N–H and O–H groups in total. The molecule has 1 fully saturated rings. The lowest BCUT2D eigenvalue weighted by Crippen LogP contribution is -2.58. The molecule has 0 amide bonds. The van der Waals surface area contributed by atoms with Crippen molar-refractivity contribution in [1.29, 1.82) is 0 Å². The Morgan fingerprint density at radius 1 is 1.03 bits per heavy atom. The maximum atomic E-state index is 12.9. The molecule has 29 heavy (non-hydrogen) atoms. The number of aliphatic hydroxyl groups excluding tert-OH is 3. The second-order valence-electron chi connectivity index (χ2n) is 7.26. The summed E-state index contributed by atoms with van der Waals surface area (Å²) >= 11 is 0. The molecule has 4 rings (SSSR count). The Hall–Kier alpha value is -2.65. The summed E-state index contributed by atoms with van der Waals surface area (Å²) in [5.41, 5.74) is 0.952. The second kappa shape index (κ2) is 7.64. The number of aliphatic hydroxyl groups is 3. The number of phenols is 1. The maximum Gasteiger partial charge on any atom is 0.229 e. The van der Waals surface area contributed by atoms with Crippen molar-refractivity contribution >= 4 is 5.78 Å². The molecule has 1 saturated heterocycles. The van der Waals surface area contributed by atoms with Crippen LogP contribution in [0.25, 0.3) is 0 Å². The number of hydrogen-bond acceptors (Lipinski definition) is 8. The molecule has 0 aromatic heterocycles. The standard InChI is InChI=1S/C21H22O8/c1-10-18(24)19(25)20(26)21(27-10)29-16-8-12(22)7-15-17(16)13(23)9-14(28-15)11-5-3-2-4-6-11/h2-8,10,14,18-22,24-26H,9H2,1H3/t10?,14?,18-,19?,20-,21-/m0/s1. The Bertz CT molecular complexity index is 899. The van der Waals surface area contributed by atoms with Crippen LogP contribution in [0.2, 0.25) is 0 Å². The van der Waals surface area contributed by atoms with E-state index < -0.39 is 36.8 Å². The Labute approximate surface area is 166 Å². The average molecular weight is 402 g/mol. The van der Waals surface area contributed by atoms with Gasteiger partial charge in [0.1, 0.15) is 47.2 Å². The molecule has 0 aliphatic carbocycles. The molecule has 2 aliphatic rings. The molecule has 2 aromatic carbocycles. The van der Waals surface area contributed by atoms with E-state index in [-0.39, 0.29) is 35.0 Å². The number of hydrogen-bond donors (Lipinski definition) is 4. The van der Waals surface area contributed by atoms with E-state index in [4.69, 9.17) is 14.2 Å². The summed E-state index contributed by atoms with van der Waals surface area (Å²) in [6.45, 7) is 1.52. The Balaban J connectivity index is 1.64. The fourth-order valence-corrected chi connectivity index (χ4v) is 3.59. The van der Waals surface area contributed by atoms with Gasteiger partial charge < -0.3 is 34.6 Å². The predicted molar refractivity (Wildman–Crippen MR) is 99.8 cm³/mol. The highest BCUT2D eigenvalue weighted by atomic mass is 16.7. The van der Waals surface area contributed by atoms with Gasteiger partial charge in [-0.05, 0) is 12.5 Å². The summed E-state index contributed by atoms with van der Waals surface area (Å²) in [5.74, 6) is -0.325. The van der Waals surface area contributed by atoms with Crippen molar-refractivity contribution in [2.24, 2.45) is 0 Å². The van der Waals surface area contributed by atoms with Gasteiger partial charge in [0.05, 0.1) is 12.5 Å². The Morgan fingerprint density at radius 3 is 2.48 bits per heavy atom. The Morgan fingerprint density at radius 2 is 1.76 bits per heavy atom. The zero-order valence-electron chi connectivity index (χ0n) is 15.6. The van der Waals surface area contributed by atoms with Gasteiger partial charge in [0.15, 0.2) is 5.78 Å². The minimum atomic E-state index is -1.55. The molecule has 8 nitrogen and oxygen atoms in total. The monoisotopic (exact) mass is 402 g/mol. The number of aromatic hydroxyl groups is 1. The van der Waals surface area contributed by atoms with Gasteiger partial charge in [0.25, 0.3) is 0 Å². The van der Waals surface area contributed by atoms with Gasteiger partial charge in [-0.25, -0.2) is 0 Å². The first-order valence-corrected chi connectivity index (χ1v) is 9.33. The number of fused-ring (bicyclic) bond motifs is 1. The molecule has 3 unspecified atom stereocenters. The fourth-order valence-electron chi connectivity index (χ4n) is 3.59. The summed E-state index contributed by atoms with van der Waals surface area (Å²) in [7, 11) is 0. The highest BCUT2D eigenvalue weighted by molar-refractivity contribution is 6.02. The van der Waals surface area contributed by atoms with Crippen LogP contribution in [0.5, 0.6) is 17.2 Å². The summed E-state index contributed by atoms with van der Waals surface area (Å²) in [4.78, 5) is 12.9. The molecular weight excluding hydrogens is 380 g/mol. The van der Waals surface area contributed by atoms with E-state index in [9.17, 15) is 25.2 Å². The Kier molecular flexibility index (Phi) is 5.18. The zero-order chi connectivity index (χ0) is 20.7. The molecule has 2 aromatic rings. The van der Waals surface area contributed by atoms with Crippen LogP contribution < -0.4 is 9.47 Å². The first-order chi connectivity index (χ1) is 13.8. The smallest absolute Gasteiger partial charge is 0.229 e. The molecular formula is C21H22O8. The lowest BCUT2D eigenvalue weighted by atomic mass is 9.95. The number of phenolic OH excluding ortho intramolecular Hbond substituents is 1. The number of carbonyl (C=O) groups is 1. The number of ether oxygens (including phenoxy) is 3.